The molecule has 1 aliphatic heterocycles. The van der Waals surface area contributed by atoms with Gasteiger partial charge in [-0.1, -0.05) is 6.07 Å². The minimum Gasteiger partial charge on any atom is -0.352 e. The number of anilines is 1. The first-order valence-corrected chi connectivity index (χ1v) is 10.7. The molecule has 0 spiro atoms. The molecule has 1 aromatic carbocycles. The molecular formula is C20H27N3O3S. The first-order chi connectivity index (χ1) is 13.0. The molecule has 1 atom stereocenters. The number of hydrogen-bond donors (Lipinski definition) is 3. The fourth-order valence-electron chi connectivity index (χ4n) is 3.68. The van der Waals surface area contributed by atoms with Gasteiger partial charge in [-0.05, 0) is 56.1 Å². The highest BCUT2D eigenvalue weighted by molar-refractivity contribution is 7.99. The Labute approximate surface area is 164 Å². The van der Waals surface area contributed by atoms with Gasteiger partial charge in [-0.15, -0.1) is 0 Å². The number of thioether (sulfide) groups is 1. The molecule has 1 aliphatic carbocycles. The Morgan fingerprint density at radius 3 is 2.44 bits per heavy atom. The van der Waals surface area contributed by atoms with Crippen molar-refractivity contribution in [3.05, 3.63) is 29.8 Å². The monoisotopic (exact) mass is 389 g/mol. The third kappa shape index (κ3) is 5.73. The lowest BCUT2D eigenvalue weighted by Gasteiger charge is -2.29. The van der Waals surface area contributed by atoms with Crippen LogP contribution in [0.3, 0.4) is 0 Å². The number of nitrogens with one attached hydrogen (secondary N) is 3. The molecule has 6 nitrogen and oxygen atoms in total. The maximum absolute atomic E-state index is 12.5. The van der Waals surface area contributed by atoms with Crippen LogP contribution < -0.4 is 16.0 Å². The van der Waals surface area contributed by atoms with E-state index in [0.717, 1.165) is 43.6 Å². The summed E-state index contributed by atoms with van der Waals surface area (Å²) in [7, 11) is 0. The average Bonchev–Trinajstić information content (AvgIpc) is 3.15. The maximum atomic E-state index is 12.5. The van der Waals surface area contributed by atoms with Gasteiger partial charge >= 0.3 is 0 Å². The second-order valence-corrected chi connectivity index (χ2v) is 8.50. The van der Waals surface area contributed by atoms with Crippen molar-refractivity contribution < 1.29 is 14.4 Å². The zero-order chi connectivity index (χ0) is 19.2. The average molecular weight is 390 g/mol. The van der Waals surface area contributed by atoms with E-state index in [4.69, 9.17) is 0 Å². The standard InChI is InChI=1S/C20H27N3O3S/c1-13(24)21-17-4-2-3-15(11-17)20(26)22-16-7-5-14(6-8-16)19(25)23-18-9-10-27-12-18/h2-4,11,14,16,18H,5-10,12H2,1H3,(H,21,24)(H,22,26)(H,23,25). The molecule has 2 aliphatic rings. The lowest BCUT2D eigenvalue weighted by atomic mass is 9.85. The molecule has 27 heavy (non-hydrogen) atoms. The Balaban J connectivity index is 1.46. The van der Waals surface area contributed by atoms with Crippen LogP contribution in [0.25, 0.3) is 0 Å². The Kier molecular flexibility index (Phi) is 6.77. The van der Waals surface area contributed by atoms with Gasteiger partial charge in [0.15, 0.2) is 0 Å². The predicted octanol–water partition coefficient (Wildman–Crippen LogP) is 2.56. The second-order valence-electron chi connectivity index (χ2n) is 7.35. The number of benzene rings is 1. The molecule has 1 heterocycles. The summed E-state index contributed by atoms with van der Waals surface area (Å²) in [5.41, 5.74) is 1.14. The normalized spacial score (nSPS) is 24.9. The summed E-state index contributed by atoms with van der Waals surface area (Å²) in [6.07, 6.45) is 4.31. The van der Waals surface area contributed by atoms with E-state index in [0.29, 0.717) is 17.3 Å². The SMILES string of the molecule is CC(=O)Nc1cccc(C(=O)NC2CCC(C(=O)NC3CCSC3)CC2)c1. The van der Waals surface area contributed by atoms with Gasteiger partial charge in [-0.25, -0.2) is 0 Å². The first-order valence-electron chi connectivity index (χ1n) is 9.58. The smallest absolute Gasteiger partial charge is 0.251 e. The van der Waals surface area contributed by atoms with Crippen LogP contribution >= 0.6 is 11.8 Å². The Hall–Kier alpha value is -2.02. The minimum atomic E-state index is -0.166. The van der Waals surface area contributed by atoms with Crippen molar-refractivity contribution in [1.29, 1.82) is 0 Å². The van der Waals surface area contributed by atoms with Crippen LogP contribution in [0.1, 0.15) is 49.4 Å². The van der Waals surface area contributed by atoms with E-state index in [9.17, 15) is 14.4 Å². The van der Waals surface area contributed by atoms with Gasteiger partial charge in [0.1, 0.15) is 0 Å². The van der Waals surface area contributed by atoms with Gasteiger partial charge in [0, 0.05) is 41.9 Å². The van der Waals surface area contributed by atoms with Crippen LogP contribution in [0.5, 0.6) is 0 Å². The zero-order valence-corrected chi connectivity index (χ0v) is 16.4. The molecule has 146 valence electrons. The largest absolute Gasteiger partial charge is 0.352 e. The van der Waals surface area contributed by atoms with E-state index in [1.54, 1.807) is 24.3 Å². The van der Waals surface area contributed by atoms with Crippen LogP contribution in [0, 0.1) is 5.92 Å². The number of amides is 3. The van der Waals surface area contributed by atoms with Crippen LogP contribution in [-0.4, -0.2) is 41.3 Å². The molecule has 1 aromatic rings. The molecule has 1 unspecified atom stereocenters. The number of rotatable bonds is 5. The van der Waals surface area contributed by atoms with E-state index in [1.807, 2.05) is 11.8 Å². The van der Waals surface area contributed by atoms with Crippen LogP contribution in [-0.2, 0) is 9.59 Å². The molecule has 0 radical (unpaired) electrons. The molecule has 0 bridgehead atoms. The van der Waals surface area contributed by atoms with Gasteiger partial charge in [0.05, 0.1) is 0 Å². The van der Waals surface area contributed by atoms with E-state index >= 15 is 0 Å². The summed E-state index contributed by atoms with van der Waals surface area (Å²) in [5, 5.41) is 8.92. The molecule has 3 rings (SSSR count). The molecule has 0 aromatic heterocycles. The van der Waals surface area contributed by atoms with Crippen molar-refractivity contribution in [2.75, 3.05) is 16.8 Å². The lowest BCUT2D eigenvalue weighted by Crippen LogP contribution is -2.43. The molecule has 7 heteroatoms. The van der Waals surface area contributed by atoms with Gasteiger partial charge in [-0.2, -0.15) is 11.8 Å². The summed E-state index contributed by atoms with van der Waals surface area (Å²) in [4.78, 5) is 36.0. The summed E-state index contributed by atoms with van der Waals surface area (Å²) < 4.78 is 0. The minimum absolute atomic E-state index is 0.0619. The van der Waals surface area contributed by atoms with Gasteiger partial charge in [-0.3, -0.25) is 14.4 Å². The van der Waals surface area contributed by atoms with Crippen molar-refractivity contribution in [2.45, 2.75) is 51.1 Å². The predicted molar refractivity (Wildman–Crippen MR) is 108 cm³/mol. The van der Waals surface area contributed by atoms with E-state index < -0.39 is 0 Å². The van der Waals surface area contributed by atoms with Crippen LogP contribution in [0.15, 0.2) is 24.3 Å². The quantitative estimate of drug-likeness (QED) is 0.722. The fraction of sp³-hybridized carbons (Fsp3) is 0.550. The molecule has 3 N–H and O–H groups in total. The highest BCUT2D eigenvalue weighted by Crippen LogP contribution is 2.26. The van der Waals surface area contributed by atoms with Crippen molar-refractivity contribution in [3.8, 4) is 0 Å². The van der Waals surface area contributed by atoms with Crippen LogP contribution in [0.2, 0.25) is 0 Å². The highest BCUT2D eigenvalue weighted by atomic mass is 32.2. The number of carbonyl (C=O) groups excluding carboxylic acids is 3. The second kappa shape index (κ2) is 9.26. The van der Waals surface area contributed by atoms with Crippen molar-refractivity contribution in [3.63, 3.8) is 0 Å². The number of hydrogen-bond acceptors (Lipinski definition) is 4. The zero-order valence-electron chi connectivity index (χ0n) is 15.6. The molecule has 2 fully saturated rings. The lowest BCUT2D eigenvalue weighted by molar-refractivity contribution is -0.126. The maximum Gasteiger partial charge on any atom is 0.251 e. The number of carbonyl (C=O) groups is 3. The van der Waals surface area contributed by atoms with Gasteiger partial charge < -0.3 is 16.0 Å². The highest BCUT2D eigenvalue weighted by Gasteiger charge is 2.29. The summed E-state index contributed by atoms with van der Waals surface area (Å²) in [5.74, 6) is 2.09. The van der Waals surface area contributed by atoms with Crippen molar-refractivity contribution in [1.82, 2.24) is 10.6 Å². The van der Waals surface area contributed by atoms with E-state index in [-0.39, 0.29) is 29.7 Å². The summed E-state index contributed by atoms with van der Waals surface area (Å²) in [6.45, 7) is 1.44. The Morgan fingerprint density at radius 1 is 1.00 bits per heavy atom. The van der Waals surface area contributed by atoms with E-state index in [1.165, 1.54) is 6.92 Å². The Morgan fingerprint density at radius 2 is 1.78 bits per heavy atom. The third-order valence-corrected chi connectivity index (χ3v) is 6.32. The molecular weight excluding hydrogens is 362 g/mol. The van der Waals surface area contributed by atoms with Crippen molar-refractivity contribution in [2.24, 2.45) is 5.92 Å². The summed E-state index contributed by atoms with van der Waals surface area (Å²) in [6, 6.07) is 7.34. The fourth-order valence-corrected chi connectivity index (χ4v) is 4.83. The van der Waals surface area contributed by atoms with Gasteiger partial charge in [0.2, 0.25) is 11.8 Å². The summed E-state index contributed by atoms with van der Waals surface area (Å²) >= 11 is 1.89. The van der Waals surface area contributed by atoms with E-state index in [2.05, 4.69) is 16.0 Å². The molecule has 1 saturated carbocycles. The first kappa shape index (κ1) is 19.7. The molecule has 1 saturated heterocycles. The third-order valence-electron chi connectivity index (χ3n) is 5.15. The van der Waals surface area contributed by atoms with Gasteiger partial charge in [0.25, 0.3) is 5.91 Å². The van der Waals surface area contributed by atoms with Crippen molar-refractivity contribution >= 4 is 35.2 Å². The topological polar surface area (TPSA) is 87.3 Å². The Bertz CT molecular complexity index is 695. The van der Waals surface area contributed by atoms with Crippen LogP contribution in [0.4, 0.5) is 5.69 Å². The molecule has 3 amide bonds.